The number of aromatic nitrogens is 4. The molecule has 0 N–H and O–H groups in total. The summed E-state index contributed by atoms with van der Waals surface area (Å²) < 4.78 is 4.50. The van der Waals surface area contributed by atoms with Gasteiger partial charge in [-0.15, -0.1) is 21.5 Å². The summed E-state index contributed by atoms with van der Waals surface area (Å²) in [5.41, 5.74) is 0.887. The Hall–Kier alpha value is -2.22. The third-order valence-electron chi connectivity index (χ3n) is 5.46. The molecular formula is C20H27N5O2S. The molecule has 0 bridgehead atoms. The van der Waals surface area contributed by atoms with Crippen molar-refractivity contribution in [2.75, 3.05) is 13.1 Å². The number of thiophene rings is 1. The van der Waals surface area contributed by atoms with Crippen LogP contribution in [0.25, 0.3) is 16.0 Å². The Balaban J connectivity index is 1.61. The van der Waals surface area contributed by atoms with Crippen molar-refractivity contribution in [3.8, 4) is 0 Å². The Kier molecular flexibility index (Phi) is 5.48. The number of carbonyl (C=O) groups excluding carboxylic acids is 1. The van der Waals surface area contributed by atoms with Crippen molar-refractivity contribution in [1.29, 1.82) is 0 Å². The lowest BCUT2D eigenvalue weighted by atomic mass is 10.1. The number of nitrogens with zero attached hydrogens (tertiary/aromatic N) is 5. The van der Waals surface area contributed by atoms with Gasteiger partial charge in [-0.1, -0.05) is 13.8 Å². The molecule has 8 heteroatoms. The lowest BCUT2D eigenvalue weighted by Gasteiger charge is -2.14. The molecule has 150 valence electrons. The van der Waals surface area contributed by atoms with E-state index in [9.17, 15) is 9.59 Å². The van der Waals surface area contributed by atoms with Gasteiger partial charge in [0.1, 0.15) is 10.5 Å². The minimum absolute atomic E-state index is 0.0151. The lowest BCUT2D eigenvalue weighted by Crippen LogP contribution is -2.27. The lowest BCUT2D eigenvalue weighted by molar-refractivity contribution is -0.130. The van der Waals surface area contributed by atoms with Crippen LogP contribution < -0.4 is 5.56 Å². The summed E-state index contributed by atoms with van der Waals surface area (Å²) in [4.78, 5) is 27.2. The van der Waals surface area contributed by atoms with E-state index in [2.05, 4.69) is 24.0 Å². The monoisotopic (exact) mass is 401 g/mol. The van der Waals surface area contributed by atoms with Crippen molar-refractivity contribution in [3.05, 3.63) is 27.6 Å². The van der Waals surface area contributed by atoms with E-state index in [1.165, 1.54) is 11.3 Å². The van der Waals surface area contributed by atoms with Crippen molar-refractivity contribution in [1.82, 2.24) is 24.1 Å². The van der Waals surface area contributed by atoms with Gasteiger partial charge in [0, 0.05) is 32.5 Å². The molecule has 7 nitrogen and oxygen atoms in total. The van der Waals surface area contributed by atoms with E-state index in [1.54, 1.807) is 4.57 Å². The minimum atomic E-state index is 0.0151. The number of aryl methyl sites for hydroxylation is 2. The van der Waals surface area contributed by atoms with Crippen LogP contribution in [0.15, 0.2) is 16.2 Å². The SMILES string of the molecule is CC(C)CCn1c(=O)c2sccc2n2c(CCCC(=O)N3CCCC3)nnc12. The second-order valence-electron chi connectivity index (χ2n) is 7.97. The van der Waals surface area contributed by atoms with Crippen LogP contribution >= 0.6 is 11.3 Å². The molecule has 3 aromatic rings. The molecule has 3 aromatic heterocycles. The van der Waals surface area contributed by atoms with E-state index in [-0.39, 0.29) is 11.5 Å². The summed E-state index contributed by atoms with van der Waals surface area (Å²) in [5, 5.41) is 10.7. The normalized spacial score (nSPS) is 14.8. The van der Waals surface area contributed by atoms with Gasteiger partial charge in [0.2, 0.25) is 11.7 Å². The summed E-state index contributed by atoms with van der Waals surface area (Å²) in [5.74, 6) is 2.18. The molecular weight excluding hydrogens is 374 g/mol. The van der Waals surface area contributed by atoms with Crippen LogP contribution in [0.2, 0.25) is 0 Å². The quantitative estimate of drug-likeness (QED) is 0.610. The second kappa shape index (κ2) is 8.03. The Morgan fingerprint density at radius 2 is 2.04 bits per heavy atom. The third kappa shape index (κ3) is 3.57. The second-order valence-corrected chi connectivity index (χ2v) is 8.88. The molecule has 1 amide bonds. The first-order valence-electron chi connectivity index (χ1n) is 10.2. The van der Waals surface area contributed by atoms with E-state index >= 15 is 0 Å². The molecule has 4 rings (SSSR count). The molecule has 28 heavy (non-hydrogen) atoms. The number of rotatable bonds is 7. The Bertz CT molecular complexity index is 1040. The number of amides is 1. The first kappa shape index (κ1) is 19.1. The van der Waals surface area contributed by atoms with Crippen molar-refractivity contribution < 1.29 is 4.79 Å². The molecule has 0 aromatic carbocycles. The van der Waals surface area contributed by atoms with Crippen molar-refractivity contribution in [2.24, 2.45) is 5.92 Å². The van der Waals surface area contributed by atoms with Gasteiger partial charge in [0.05, 0.1) is 5.52 Å². The highest BCUT2D eigenvalue weighted by Crippen LogP contribution is 2.21. The first-order chi connectivity index (χ1) is 13.6. The predicted octanol–water partition coefficient (Wildman–Crippen LogP) is 3.10. The largest absolute Gasteiger partial charge is 0.343 e. The maximum atomic E-state index is 12.9. The fourth-order valence-corrected chi connectivity index (χ4v) is 4.68. The van der Waals surface area contributed by atoms with Gasteiger partial charge in [-0.3, -0.25) is 18.6 Å². The van der Waals surface area contributed by atoms with Crippen LogP contribution in [-0.4, -0.2) is 43.1 Å². The topological polar surface area (TPSA) is 72.5 Å². The number of fused-ring (bicyclic) bond motifs is 3. The van der Waals surface area contributed by atoms with Gasteiger partial charge in [0.15, 0.2) is 0 Å². The molecule has 1 aliphatic rings. The maximum Gasteiger partial charge on any atom is 0.272 e. The average Bonchev–Trinajstić information content (AvgIpc) is 3.41. The minimum Gasteiger partial charge on any atom is -0.343 e. The molecule has 0 unspecified atom stereocenters. The van der Waals surface area contributed by atoms with Crippen LogP contribution in [0, 0.1) is 5.92 Å². The van der Waals surface area contributed by atoms with Gasteiger partial charge in [-0.2, -0.15) is 0 Å². The van der Waals surface area contributed by atoms with Gasteiger partial charge >= 0.3 is 0 Å². The zero-order valence-electron chi connectivity index (χ0n) is 16.6. The van der Waals surface area contributed by atoms with Gasteiger partial charge in [0.25, 0.3) is 5.56 Å². The zero-order chi connectivity index (χ0) is 19.7. The maximum absolute atomic E-state index is 12.9. The highest BCUT2D eigenvalue weighted by molar-refractivity contribution is 7.17. The fourth-order valence-electron chi connectivity index (χ4n) is 3.85. The highest BCUT2D eigenvalue weighted by atomic mass is 32.1. The average molecular weight is 402 g/mol. The summed E-state index contributed by atoms with van der Waals surface area (Å²) in [6.07, 6.45) is 5.10. The van der Waals surface area contributed by atoms with Crippen molar-refractivity contribution >= 4 is 33.2 Å². The van der Waals surface area contributed by atoms with E-state index in [0.717, 1.165) is 54.8 Å². The van der Waals surface area contributed by atoms with Crippen molar-refractivity contribution in [2.45, 2.75) is 58.9 Å². The number of hydrogen-bond acceptors (Lipinski definition) is 5. The predicted molar refractivity (Wildman–Crippen MR) is 111 cm³/mol. The summed E-state index contributed by atoms with van der Waals surface area (Å²) in [6.45, 7) is 6.73. The molecule has 4 heterocycles. The van der Waals surface area contributed by atoms with Crippen LogP contribution in [0.1, 0.15) is 51.8 Å². The molecule has 0 spiro atoms. The van der Waals surface area contributed by atoms with Gasteiger partial charge in [-0.25, -0.2) is 0 Å². The van der Waals surface area contributed by atoms with E-state index < -0.39 is 0 Å². The zero-order valence-corrected chi connectivity index (χ0v) is 17.4. The highest BCUT2D eigenvalue weighted by Gasteiger charge is 2.20. The molecule has 0 aliphatic carbocycles. The number of carbonyl (C=O) groups is 1. The summed E-state index contributed by atoms with van der Waals surface area (Å²) >= 11 is 1.46. The van der Waals surface area contributed by atoms with Crippen LogP contribution in [-0.2, 0) is 17.8 Å². The first-order valence-corrected chi connectivity index (χ1v) is 11.1. The number of hydrogen-bond donors (Lipinski definition) is 0. The smallest absolute Gasteiger partial charge is 0.272 e. The molecule has 0 saturated carbocycles. The number of likely N-dealkylation sites (tertiary alicyclic amines) is 1. The van der Waals surface area contributed by atoms with Crippen LogP contribution in [0.4, 0.5) is 0 Å². The Morgan fingerprint density at radius 3 is 2.79 bits per heavy atom. The van der Waals surface area contributed by atoms with E-state index in [0.29, 0.717) is 31.1 Å². The summed E-state index contributed by atoms with van der Waals surface area (Å²) in [6, 6.07) is 1.96. The van der Waals surface area contributed by atoms with Gasteiger partial charge < -0.3 is 4.90 Å². The molecule has 0 radical (unpaired) electrons. The summed E-state index contributed by atoms with van der Waals surface area (Å²) in [7, 11) is 0. The standard InChI is InChI=1S/C20H27N5O2S/c1-14(2)8-12-24-19(27)18-15(9-13-28-18)25-16(21-22-20(24)25)6-5-7-17(26)23-10-3-4-11-23/h9,13-14H,3-8,10-12H2,1-2H3. The Morgan fingerprint density at radius 1 is 1.25 bits per heavy atom. The van der Waals surface area contributed by atoms with Crippen LogP contribution in [0.3, 0.4) is 0 Å². The van der Waals surface area contributed by atoms with Gasteiger partial charge in [-0.05, 0) is 43.0 Å². The van der Waals surface area contributed by atoms with E-state index in [4.69, 9.17) is 0 Å². The molecule has 0 atom stereocenters. The van der Waals surface area contributed by atoms with Crippen LogP contribution in [0.5, 0.6) is 0 Å². The molecule has 1 saturated heterocycles. The molecule has 1 fully saturated rings. The fraction of sp³-hybridized carbons (Fsp3) is 0.600. The van der Waals surface area contributed by atoms with E-state index in [1.807, 2.05) is 20.7 Å². The van der Waals surface area contributed by atoms with Crippen molar-refractivity contribution in [3.63, 3.8) is 0 Å². The Labute approximate surface area is 168 Å². The molecule has 1 aliphatic heterocycles. The third-order valence-corrected chi connectivity index (χ3v) is 6.35.